The number of oxazole rings is 1. The van der Waals surface area contributed by atoms with Crippen LogP contribution in [0.5, 0.6) is 0 Å². The standard InChI is InChI=1S/C20H21N3O5S2/c1-12(24)14-6-5-7-15(10-14)21-19(25)13(2)29-20-22-17-11-16(8-9-18(17)28-20)30(26,27)23(3)4/h5-11,13H,1-4H3,(H,21,25). The Morgan fingerprint density at radius 1 is 1.17 bits per heavy atom. The highest BCUT2D eigenvalue weighted by Gasteiger charge is 2.21. The lowest BCUT2D eigenvalue weighted by molar-refractivity contribution is -0.115. The molecule has 158 valence electrons. The first-order chi connectivity index (χ1) is 14.1. The molecule has 1 unspecified atom stereocenters. The Labute approximate surface area is 178 Å². The fourth-order valence-corrected chi connectivity index (χ4v) is 4.25. The molecule has 1 aromatic heterocycles. The first-order valence-electron chi connectivity index (χ1n) is 8.99. The van der Waals surface area contributed by atoms with Crippen LogP contribution in [0.25, 0.3) is 11.1 Å². The van der Waals surface area contributed by atoms with Gasteiger partial charge in [0.15, 0.2) is 11.4 Å². The zero-order valence-corrected chi connectivity index (χ0v) is 18.5. The highest BCUT2D eigenvalue weighted by Crippen LogP contribution is 2.29. The summed E-state index contributed by atoms with van der Waals surface area (Å²) >= 11 is 1.11. The monoisotopic (exact) mass is 447 g/mol. The van der Waals surface area contributed by atoms with Gasteiger partial charge in [-0.15, -0.1) is 0 Å². The molecule has 30 heavy (non-hydrogen) atoms. The largest absolute Gasteiger partial charge is 0.431 e. The molecule has 1 heterocycles. The van der Waals surface area contributed by atoms with E-state index >= 15 is 0 Å². The quantitative estimate of drug-likeness (QED) is 0.437. The SMILES string of the molecule is CC(=O)c1cccc(NC(=O)C(C)Sc2nc3cc(S(=O)(=O)N(C)C)ccc3o2)c1. The maximum absolute atomic E-state index is 12.5. The van der Waals surface area contributed by atoms with Gasteiger partial charge in [-0.05, 0) is 44.2 Å². The molecule has 0 aliphatic rings. The number of anilines is 1. The Hall–Kier alpha value is -2.69. The van der Waals surface area contributed by atoms with Gasteiger partial charge < -0.3 is 9.73 Å². The second-order valence-electron chi connectivity index (χ2n) is 6.78. The Kier molecular flexibility index (Phi) is 6.30. The summed E-state index contributed by atoms with van der Waals surface area (Å²) in [4.78, 5) is 28.4. The average molecular weight is 448 g/mol. The fourth-order valence-electron chi connectivity index (χ4n) is 2.57. The number of nitrogens with zero attached hydrogens (tertiary/aromatic N) is 2. The summed E-state index contributed by atoms with van der Waals surface area (Å²) < 4.78 is 31.3. The Morgan fingerprint density at radius 2 is 1.90 bits per heavy atom. The van der Waals surface area contributed by atoms with Gasteiger partial charge in [0.05, 0.1) is 10.1 Å². The summed E-state index contributed by atoms with van der Waals surface area (Å²) in [5.41, 5.74) is 1.85. The first-order valence-corrected chi connectivity index (χ1v) is 11.3. The van der Waals surface area contributed by atoms with E-state index in [1.54, 1.807) is 37.3 Å². The normalized spacial score (nSPS) is 12.8. The summed E-state index contributed by atoms with van der Waals surface area (Å²) in [6.45, 7) is 3.16. The van der Waals surface area contributed by atoms with Crippen LogP contribution in [0.4, 0.5) is 5.69 Å². The van der Waals surface area contributed by atoms with Gasteiger partial charge in [-0.25, -0.2) is 17.7 Å². The smallest absolute Gasteiger partial charge is 0.257 e. The number of hydrogen-bond acceptors (Lipinski definition) is 7. The number of Topliss-reactive ketones (excluding diaryl/α,β-unsaturated/α-hetero) is 1. The summed E-state index contributed by atoms with van der Waals surface area (Å²) in [6.07, 6.45) is 0. The number of thioether (sulfide) groups is 1. The van der Waals surface area contributed by atoms with Crippen molar-refractivity contribution in [2.24, 2.45) is 0 Å². The lowest BCUT2D eigenvalue weighted by Gasteiger charge is -2.10. The third-order valence-electron chi connectivity index (χ3n) is 4.30. The highest BCUT2D eigenvalue weighted by molar-refractivity contribution is 8.00. The molecule has 1 amide bonds. The van der Waals surface area contributed by atoms with Crippen LogP contribution in [-0.2, 0) is 14.8 Å². The number of rotatable bonds is 7. The molecule has 8 nitrogen and oxygen atoms in total. The average Bonchev–Trinajstić information content (AvgIpc) is 3.09. The zero-order chi connectivity index (χ0) is 22.1. The van der Waals surface area contributed by atoms with Gasteiger partial charge in [-0.3, -0.25) is 9.59 Å². The molecule has 1 N–H and O–H groups in total. The maximum Gasteiger partial charge on any atom is 0.257 e. The van der Waals surface area contributed by atoms with Crippen LogP contribution in [0.15, 0.2) is 57.0 Å². The van der Waals surface area contributed by atoms with E-state index in [-0.39, 0.29) is 21.8 Å². The minimum atomic E-state index is -3.58. The van der Waals surface area contributed by atoms with Crippen molar-refractivity contribution in [1.82, 2.24) is 9.29 Å². The summed E-state index contributed by atoms with van der Waals surface area (Å²) in [6, 6.07) is 11.1. The van der Waals surface area contributed by atoms with Gasteiger partial charge in [0.25, 0.3) is 5.22 Å². The van der Waals surface area contributed by atoms with Crippen LogP contribution in [0, 0.1) is 0 Å². The van der Waals surface area contributed by atoms with Crippen molar-refractivity contribution in [3.63, 3.8) is 0 Å². The molecule has 0 fully saturated rings. The number of fused-ring (bicyclic) bond motifs is 1. The van der Waals surface area contributed by atoms with E-state index < -0.39 is 15.3 Å². The van der Waals surface area contributed by atoms with Crippen molar-refractivity contribution in [1.29, 1.82) is 0 Å². The van der Waals surface area contributed by atoms with Crippen molar-refractivity contribution in [3.05, 3.63) is 48.0 Å². The third kappa shape index (κ3) is 4.72. The molecule has 0 spiro atoms. The van der Waals surface area contributed by atoms with E-state index in [0.29, 0.717) is 22.4 Å². The number of benzene rings is 2. The van der Waals surface area contributed by atoms with Crippen molar-refractivity contribution < 1.29 is 22.4 Å². The number of sulfonamides is 1. The first kappa shape index (κ1) is 22.0. The summed E-state index contributed by atoms with van der Waals surface area (Å²) in [7, 11) is -0.674. The number of ketones is 1. The maximum atomic E-state index is 12.5. The molecule has 2 aromatic carbocycles. The predicted molar refractivity (Wildman–Crippen MR) is 115 cm³/mol. The van der Waals surface area contributed by atoms with Gasteiger partial charge in [0, 0.05) is 25.3 Å². The lowest BCUT2D eigenvalue weighted by Crippen LogP contribution is -2.22. The molecule has 1 atom stereocenters. The molecule has 0 radical (unpaired) electrons. The zero-order valence-electron chi connectivity index (χ0n) is 16.9. The summed E-state index contributed by atoms with van der Waals surface area (Å²) in [5.74, 6) is -0.366. The van der Waals surface area contributed by atoms with Gasteiger partial charge >= 0.3 is 0 Å². The van der Waals surface area contributed by atoms with Crippen LogP contribution in [0.1, 0.15) is 24.2 Å². The van der Waals surface area contributed by atoms with Crippen LogP contribution < -0.4 is 5.32 Å². The highest BCUT2D eigenvalue weighted by atomic mass is 32.2. The Balaban J connectivity index is 1.74. The van der Waals surface area contributed by atoms with E-state index in [0.717, 1.165) is 16.1 Å². The second-order valence-corrected chi connectivity index (χ2v) is 10.2. The fraction of sp³-hybridized carbons (Fsp3) is 0.250. The molecule has 0 aliphatic heterocycles. The second kappa shape index (κ2) is 8.58. The predicted octanol–water partition coefficient (Wildman–Crippen LogP) is 3.40. The Bertz CT molecular complexity index is 1220. The molecule has 3 aromatic rings. The molecular weight excluding hydrogens is 426 g/mol. The van der Waals surface area contributed by atoms with E-state index in [9.17, 15) is 18.0 Å². The molecule has 10 heteroatoms. The van der Waals surface area contributed by atoms with Crippen molar-refractivity contribution in [2.45, 2.75) is 29.2 Å². The minimum Gasteiger partial charge on any atom is -0.431 e. The van der Waals surface area contributed by atoms with E-state index in [4.69, 9.17) is 4.42 Å². The number of amides is 1. The number of hydrogen-bond donors (Lipinski definition) is 1. The van der Waals surface area contributed by atoms with Gasteiger partial charge in [-0.2, -0.15) is 0 Å². The minimum absolute atomic E-state index is 0.0874. The third-order valence-corrected chi connectivity index (χ3v) is 7.06. The molecule has 0 saturated heterocycles. The van der Waals surface area contributed by atoms with Crippen molar-refractivity contribution in [2.75, 3.05) is 19.4 Å². The number of carbonyl (C=O) groups is 2. The van der Waals surface area contributed by atoms with E-state index in [1.165, 1.54) is 33.2 Å². The number of carbonyl (C=O) groups excluding carboxylic acids is 2. The number of aromatic nitrogens is 1. The van der Waals surface area contributed by atoms with Crippen LogP contribution in [-0.4, -0.2) is 48.7 Å². The van der Waals surface area contributed by atoms with Gasteiger partial charge in [0.1, 0.15) is 5.52 Å². The van der Waals surface area contributed by atoms with Gasteiger partial charge in [0.2, 0.25) is 15.9 Å². The van der Waals surface area contributed by atoms with Crippen LogP contribution in [0.2, 0.25) is 0 Å². The topological polar surface area (TPSA) is 110 Å². The number of nitrogens with one attached hydrogen (secondary N) is 1. The van der Waals surface area contributed by atoms with Gasteiger partial charge in [-0.1, -0.05) is 23.9 Å². The molecular formula is C20H21N3O5S2. The Morgan fingerprint density at radius 3 is 2.57 bits per heavy atom. The molecule has 0 saturated carbocycles. The van der Waals surface area contributed by atoms with Crippen LogP contribution >= 0.6 is 11.8 Å². The molecule has 0 aliphatic carbocycles. The molecule has 3 rings (SSSR count). The lowest BCUT2D eigenvalue weighted by atomic mass is 10.1. The van der Waals surface area contributed by atoms with E-state index in [2.05, 4.69) is 10.3 Å². The summed E-state index contributed by atoms with van der Waals surface area (Å²) in [5, 5.41) is 2.48. The van der Waals surface area contributed by atoms with Crippen LogP contribution in [0.3, 0.4) is 0 Å². The van der Waals surface area contributed by atoms with E-state index in [1.807, 2.05) is 0 Å². The van der Waals surface area contributed by atoms with Crippen molar-refractivity contribution in [3.8, 4) is 0 Å². The molecule has 0 bridgehead atoms. The van der Waals surface area contributed by atoms with Crippen molar-refractivity contribution >= 4 is 50.3 Å².